The Balaban J connectivity index is 2.42. The van der Waals surface area contributed by atoms with Gasteiger partial charge in [-0.3, -0.25) is 9.59 Å². The summed E-state index contributed by atoms with van der Waals surface area (Å²) in [5, 5.41) is 4.54. The second-order valence-corrected chi connectivity index (χ2v) is 5.63. The first-order valence-electron chi connectivity index (χ1n) is 5.50. The second-order valence-electron chi connectivity index (χ2n) is 4.81. The molecule has 1 aromatic heterocycles. The molecule has 1 heterocycles. The first-order valence-corrected chi connectivity index (χ1v) is 6.38. The van der Waals surface area contributed by atoms with E-state index in [0.29, 0.717) is 19.5 Å². The van der Waals surface area contributed by atoms with Crippen LogP contribution in [0.15, 0.2) is 10.2 Å². The van der Waals surface area contributed by atoms with Crippen molar-refractivity contribution in [2.24, 2.45) is 5.73 Å². The highest BCUT2D eigenvalue weighted by atomic mass is 32.1. The molecule has 0 fully saturated rings. The van der Waals surface area contributed by atoms with Crippen LogP contribution in [-0.4, -0.2) is 22.6 Å². The van der Waals surface area contributed by atoms with Crippen molar-refractivity contribution in [1.82, 2.24) is 9.88 Å². The molecule has 1 rings (SSSR count). The average molecular weight is 257 g/mol. The minimum Gasteiger partial charge on any atom is -0.354 e. The van der Waals surface area contributed by atoms with Crippen LogP contribution in [0.3, 0.4) is 0 Å². The van der Waals surface area contributed by atoms with Crippen molar-refractivity contribution < 1.29 is 4.79 Å². The minimum absolute atomic E-state index is 0.0190. The highest BCUT2D eigenvalue weighted by Crippen LogP contribution is 2.01. The van der Waals surface area contributed by atoms with Gasteiger partial charge in [0, 0.05) is 36.1 Å². The molecule has 0 aliphatic rings. The zero-order valence-corrected chi connectivity index (χ0v) is 11.3. The molecular formula is C11H19N3O2S. The van der Waals surface area contributed by atoms with Crippen LogP contribution in [0.2, 0.25) is 0 Å². The lowest BCUT2D eigenvalue weighted by Crippen LogP contribution is -2.45. The third kappa shape index (κ3) is 4.70. The van der Waals surface area contributed by atoms with Gasteiger partial charge in [-0.15, -0.1) is 0 Å². The lowest BCUT2D eigenvalue weighted by molar-refractivity contribution is -0.121. The largest absolute Gasteiger partial charge is 0.354 e. The van der Waals surface area contributed by atoms with E-state index >= 15 is 0 Å². The number of carbonyl (C=O) groups is 1. The van der Waals surface area contributed by atoms with Gasteiger partial charge < -0.3 is 15.6 Å². The lowest BCUT2D eigenvalue weighted by atomic mass is 10.1. The quantitative estimate of drug-likeness (QED) is 0.804. The monoisotopic (exact) mass is 257 g/mol. The molecule has 1 amide bonds. The van der Waals surface area contributed by atoms with E-state index in [1.807, 2.05) is 20.8 Å². The molecule has 0 saturated heterocycles. The van der Waals surface area contributed by atoms with Crippen LogP contribution < -0.4 is 15.9 Å². The SMILES string of the molecule is Cc1csc(=O)n1CCC(=O)NCC(C)(C)N. The van der Waals surface area contributed by atoms with Gasteiger partial charge >= 0.3 is 4.87 Å². The molecule has 0 unspecified atom stereocenters. The van der Waals surface area contributed by atoms with Crippen molar-refractivity contribution in [3.8, 4) is 0 Å². The Labute approximate surface area is 105 Å². The maximum absolute atomic E-state index is 11.5. The molecule has 1 aromatic rings. The van der Waals surface area contributed by atoms with Gasteiger partial charge in [0.25, 0.3) is 0 Å². The van der Waals surface area contributed by atoms with Gasteiger partial charge in [-0.1, -0.05) is 11.3 Å². The van der Waals surface area contributed by atoms with Gasteiger partial charge in [0.05, 0.1) is 0 Å². The maximum atomic E-state index is 11.5. The fourth-order valence-electron chi connectivity index (χ4n) is 1.30. The summed E-state index contributed by atoms with van der Waals surface area (Å²) in [6, 6.07) is 0. The summed E-state index contributed by atoms with van der Waals surface area (Å²) in [6.07, 6.45) is 0.299. The molecule has 96 valence electrons. The van der Waals surface area contributed by atoms with Crippen LogP contribution in [0.5, 0.6) is 0 Å². The van der Waals surface area contributed by atoms with E-state index in [-0.39, 0.29) is 10.8 Å². The van der Waals surface area contributed by atoms with Gasteiger partial charge in [-0.25, -0.2) is 0 Å². The van der Waals surface area contributed by atoms with E-state index in [4.69, 9.17) is 5.73 Å². The molecule has 0 aromatic carbocycles. The van der Waals surface area contributed by atoms with Crippen molar-refractivity contribution in [3.05, 3.63) is 20.7 Å². The number of hydrogen-bond acceptors (Lipinski definition) is 4. The second kappa shape index (κ2) is 5.46. The number of amides is 1. The summed E-state index contributed by atoms with van der Waals surface area (Å²) in [5.41, 5.74) is 6.24. The first kappa shape index (κ1) is 13.9. The number of thiazole rings is 1. The summed E-state index contributed by atoms with van der Waals surface area (Å²) in [7, 11) is 0. The molecule has 6 heteroatoms. The van der Waals surface area contributed by atoms with Crippen molar-refractivity contribution in [2.75, 3.05) is 6.54 Å². The fourth-order valence-corrected chi connectivity index (χ4v) is 2.06. The fraction of sp³-hybridized carbons (Fsp3) is 0.636. The molecule has 0 aliphatic heterocycles. The first-order chi connectivity index (χ1) is 7.79. The van der Waals surface area contributed by atoms with Gasteiger partial charge in [-0.05, 0) is 20.8 Å². The number of aromatic nitrogens is 1. The summed E-state index contributed by atoms with van der Waals surface area (Å²) >= 11 is 1.16. The highest BCUT2D eigenvalue weighted by molar-refractivity contribution is 7.07. The Hall–Kier alpha value is -1.14. The molecular weight excluding hydrogens is 238 g/mol. The Kier molecular flexibility index (Phi) is 4.47. The van der Waals surface area contributed by atoms with E-state index in [2.05, 4.69) is 5.32 Å². The Morgan fingerprint density at radius 3 is 2.71 bits per heavy atom. The lowest BCUT2D eigenvalue weighted by Gasteiger charge is -2.18. The standard InChI is InChI=1S/C11H19N3O2S/c1-8-6-17-10(16)14(8)5-4-9(15)13-7-11(2,3)12/h6H,4-5,7,12H2,1-3H3,(H,13,15). The van der Waals surface area contributed by atoms with E-state index in [1.54, 1.807) is 9.95 Å². The van der Waals surface area contributed by atoms with Crippen LogP contribution in [0.1, 0.15) is 26.0 Å². The third-order valence-corrected chi connectivity index (χ3v) is 3.16. The van der Waals surface area contributed by atoms with Gasteiger partial charge in [0.1, 0.15) is 0 Å². The Morgan fingerprint density at radius 1 is 1.59 bits per heavy atom. The minimum atomic E-state index is -0.412. The van der Waals surface area contributed by atoms with E-state index in [9.17, 15) is 9.59 Å². The van der Waals surface area contributed by atoms with Crippen molar-refractivity contribution in [2.45, 2.75) is 39.3 Å². The molecule has 0 atom stereocenters. The Bertz CT molecular complexity index is 442. The van der Waals surface area contributed by atoms with E-state index in [1.165, 1.54) is 0 Å². The number of rotatable bonds is 5. The molecule has 3 N–H and O–H groups in total. The summed E-state index contributed by atoms with van der Waals surface area (Å²) in [5.74, 6) is -0.0824. The van der Waals surface area contributed by atoms with Gasteiger partial charge in [0.2, 0.25) is 5.91 Å². The zero-order valence-electron chi connectivity index (χ0n) is 10.4. The molecule has 17 heavy (non-hydrogen) atoms. The topological polar surface area (TPSA) is 77.1 Å². The predicted octanol–water partition coefficient (Wildman–Crippen LogP) is 0.462. The van der Waals surface area contributed by atoms with E-state index < -0.39 is 5.54 Å². The third-order valence-electron chi connectivity index (χ3n) is 2.28. The number of nitrogens with zero attached hydrogens (tertiary/aromatic N) is 1. The van der Waals surface area contributed by atoms with Crippen LogP contribution in [0.25, 0.3) is 0 Å². The maximum Gasteiger partial charge on any atom is 0.307 e. The smallest absolute Gasteiger partial charge is 0.307 e. The average Bonchev–Trinajstić information content (AvgIpc) is 2.52. The van der Waals surface area contributed by atoms with Crippen LogP contribution in [-0.2, 0) is 11.3 Å². The zero-order chi connectivity index (χ0) is 13.1. The summed E-state index contributed by atoms with van der Waals surface area (Å²) in [6.45, 7) is 6.41. The van der Waals surface area contributed by atoms with Crippen LogP contribution in [0, 0.1) is 6.92 Å². The number of aryl methyl sites for hydroxylation is 1. The molecule has 0 bridgehead atoms. The summed E-state index contributed by atoms with van der Waals surface area (Å²) in [4.78, 5) is 22.9. The van der Waals surface area contributed by atoms with Crippen LogP contribution >= 0.6 is 11.3 Å². The Morgan fingerprint density at radius 2 is 2.24 bits per heavy atom. The van der Waals surface area contributed by atoms with Crippen molar-refractivity contribution in [3.63, 3.8) is 0 Å². The van der Waals surface area contributed by atoms with Gasteiger partial charge in [-0.2, -0.15) is 0 Å². The number of nitrogens with two attached hydrogens (primary N) is 1. The molecule has 0 saturated carbocycles. The molecule has 0 aliphatic carbocycles. The molecule has 5 nitrogen and oxygen atoms in total. The summed E-state index contributed by atoms with van der Waals surface area (Å²) < 4.78 is 1.61. The van der Waals surface area contributed by atoms with Gasteiger partial charge in [0.15, 0.2) is 0 Å². The van der Waals surface area contributed by atoms with Crippen molar-refractivity contribution in [1.29, 1.82) is 0 Å². The normalized spacial score (nSPS) is 11.5. The number of carbonyl (C=O) groups excluding carboxylic acids is 1. The number of nitrogens with one attached hydrogen (secondary N) is 1. The van der Waals surface area contributed by atoms with E-state index in [0.717, 1.165) is 17.0 Å². The highest BCUT2D eigenvalue weighted by Gasteiger charge is 2.12. The number of hydrogen-bond donors (Lipinski definition) is 2. The molecule has 0 spiro atoms. The molecule has 0 radical (unpaired) electrons. The predicted molar refractivity (Wildman–Crippen MR) is 69.2 cm³/mol. The van der Waals surface area contributed by atoms with Crippen LogP contribution in [0.4, 0.5) is 0 Å². The van der Waals surface area contributed by atoms with Crippen molar-refractivity contribution >= 4 is 17.2 Å².